The van der Waals surface area contributed by atoms with Crippen LogP contribution < -0.4 is 31.9 Å². The van der Waals surface area contributed by atoms with Crippen LogP contribution >= 0.6 is 11.8 Å². The topological polar surface area (TPSA) is 231 Å². The predicted octanol–water partition coefficient (Wildman–Crippen LogP) is 1.70. The van der Waals surface area contributed by atoms with Crippen LogP contribution in [0, 0.1) is 0 Å². The third-order valence-electron chi connectivity index (χ3n) is 8.69. The molecule has 0 saturated heterocycles. The number of nitrogens with one attached hydrogen (secondary N) is 7. The Labute approximate surface area is 313 Å². The van der Waals surface area contributed by atoms with Crippen molar-refractivity contribution in [2.24, 2.45) is 0 Å². The van der Waals surface area contributed by atoms with E-state index in [1.165, 1.54) is 37.7 Å². The molecule has 0 aliphatic heterocycles. The summed E-state index contributed by atoms with van der Waals surface area (Å²) < 4.78 is -1.09. The zero-order valence-corrected chi connectivity index (χ0v) is 31.5. The molecule has 1 heterocycles. The first-order valence-electron chi connectivity index (χ1n) is 17.4. The molecule has 0 aliphatic carbocycles. The van der Waals surface area contributed by atoms with Crippen molar-refractivity contribution in [2.45, 2.75) is 88.7 Å². The number of hydrogen-bond acceptors (Lipinski definition) is 9. The van der Waals surface area contributed by atoms with Gasteiger partial charge < -0.3 is 47.1 Å². The van der Waals surface area contributed by atoms with Gasteiger partial charge in [0.25, 0.3) is 0 Å². The van der Waals surface area contributed by atoms with E-state index in [0.29, 0.717) is 31.4 Å². The Bertz CT molecular complexity index is 1730. The number of likely N-dealkylation sites (N-methyl/N-ethyl adjacent to an activating group) is 1. The number of aliphatic carboxylic acids is 1. The average Bonchev–Trinajstić information content (AvgIpc) is 3.51. The lowest BCUT2D eigenvalue weighted by atomic mass is 9.99. The summed E-state index contributed by atoms with van der Waals surface area (Å²) in [5.41, 5.74) is 2.37. The smallest absolute Gasteiger partial charge is 0.326 e. The van der Waals surface area contributed by atoms with Crippen LogP contribution in [0.3, 0.4) is 0 Å². The van der Waals surface area contributed by atoms with Gasteiger partial charge in [-0.05, 0) is 75.9 Å². The fourth-order valence-corrected chi connectivity index (χ4v) is 6.63. The Morgan fingerprint density at radius 1 is 0.792 bits per heavy atom. The van der Waals surface area contributed by atoms with E-state index in [1.807, 2.05) is 30.5 Å². The number of carboxylic acids is 1. The molecule has 4 atom stereocenters. The number of aromatic hydroxyl groups is 1. The zero-order chi connectivity index (χ0) is 39.1. The van der Waals surface area contributed by atoms with E-state index in [0.717, 1.165) is 16.5 Å². The van der Waals surface area contributed by atoms with Gasteiger partial charge >= 0.3 is 5.97 Å². The lowest BCUT2D eigenvalue weighted by molar-refractivity contribution is -0.142. The van der Waals surface area contributed by atoms with Crippen LogP contribution in [-0.4, -0.2) is 99.1 Å². The average molecular weight is 754 g/mol. The van der Waals surface area contributed by atoms with Crippen molar-refractivity contribution in [3.63, 3.8) is 0 Å². The van der Waals surface area contributed by atoms with Gasteiger partial charge in [-0.2, -0.15) is 0 Å². The quantitative estimate of drug-likeness (QED) is 0.0565. The Balaban J connectivity index is 1.86. The molecule has 53 heavy (non-hydrogen) atoms. The molecule has 0 unspecified atom stereocenters. The monoisotopic (exact) mass is 753 g/mol. The summed E-state index contributed by atoms with van der Waals surface area (Å²) in [6, 6.07) is 9.08. The van der Waals surface area contributed by atoms with Gasteiger partial charge in [0.15, 0.2) is 0 Å². The van der Waals surface area contributed by atoms with Gasteiger partial charge in [0.2, 0.25) is 29.5 Å². The Kier molecular flexibility index (Phi) is 16.2. The molecule has 0 aliphatic rings. The molecular weight excluding hydrogens is 703 g/mol. The Morgan fingerprint density at radius 3 is 2.08 bits per heavy atom. The predicted molar refractivity (Wildman–Crippen MR) is 203 cm³/mol. The number of unbranched alkanes of at least 4 members (excludes halogenated alkanes) is 1. The number of para-hydroxylation sites is 1. The van der Waals surface area contributed by atoms with Crippen LogP contribution in [0.2, 0.25) is 0 Å². The summed E-state index contributed by atoms with van der Waals surface area (Å²) in [6.07, 6.45) is 3.19. The maximum absolute atomic E-state index is 14.1. The molecule has 2 aromatic carbocycles. The molecule has 0 saturated carbocycles. The summed E-state index contributed by atoms with van der Waals surface area (Å²) in [7, 11) is 1.65. The maximum atomic E-state index is 14.1. The second-order valence-electron chi connectivity index (χ2n) is 13.3. The number of rotatable bonds is 21. The van der Waals surface area contributed by atoms with Crippen molar-refractivity contribution < 1.29 is 39.0 Å². The SMILES string of the molecule is CN[C@@H](Cc1c[nH]c2ccccc12)C(=O)N[C@@H](CCCCNC(C)=O)C(=O)N[C@H](C(=O)N[C@@H](Cc1ccc(O)cc1)C(=O)O)C(C)(C)SCNC(C)=O. The Morgan fingerprint density at radius 2 is 1.43 bits per heavy atom. The van der Waals surface area contributed by atoms with Crippen LogP contribution in [0.15, 0.2) is 54.7 Å². The largest absolute Gasteiger partial charge is 0.508 e. The number of amides is 5. The molecule has 0 radical (unpaired) electrons. The highest BCUT2D eigenvalue weighted by Gasteiger charge is 2.40. The number of thioether (sulfide) groups is 1. The first-order valence-corrected chi connectivity index (χ1v) is 18.4. The minimum atomic E-state index is -1.38. The molecule has 0 fully saturated rings. The van der Waals surface area contributed by atoms with Gasteiger partial charge in [0.05, 0.1) is 11.9 Å². The molecule has 3 aromatic rings. The standard InChI is InChI=1S/C37H51N7O8S/c1-22(45)39-17-9-8-12-29(42-34(49)30(38-5)19-25-20-40-28-11-7-6-10-27(25)28)33(48)44-32(37(3,4)53-21-41-23(2)46)35(50)43-31(36(51)52)18-24-13-15-26(47)16-14-24/h6-7,10-11,13-16,20,29-32,38,40,47H,8-9,12,17-19,21H2,1-5H3,(H,39,45)(H,41,46)(H,42,49)(H,43,50)(H,44,48)(H,51,52)/t29-,30-,31-,32+/m0/s1. The third-order valence-corrected chi connectivity index (χ3v) is 9.96. The molecule has 15 nitrogen and oxygen atoms in total. The van der Waals surface area contributed by atoms with Crippen molar-refractivity contribution in [2.75, 3.05) is 19.5 Å². The fourth-order valence-electron chi connectivity index (χ4n) is 5.65. The van der Waals surface area contributed by atoms with Crippen molar-refractivity contribution in [3.8, 4) is 5.75 Å². The molecular formula is C37H51N7O8S. The van der Waals surface area contributed by atoms with Crippen LogP contribution in [0.5, 0.6) is 5.75 Å². The van der Waals surface area contributed by atoms with Gasteiger partial charge in [-0.3, -0.25) is 24.0 Å². The molecule has 1 aromatic heterocycles. The molecule has 9 N–H and O–H groups in total. The number of carboxylic acid groups (broad SMARTS) is 1. The minimum absolute atomic E-state index is 0.00106. The number of fused-ring (bicyclic) bond motifs is 1. The second kappa shape index (κ2) is 20.2. The number of aromatic nitrogens is 1. The number of carbonyl (C=O) groups excluding carboxylic acids is 5. The van der Waals surface area contributed by atoms with E-state index < -0.39 is 52.6 Å². The first-order chi connectivity index (χ1) is 25.1. The van der Waals surface area contributed by atoms with Gasteiger partial charge in [0, 0.05) is 48.7 Å². The van der Waals surface area contributed by atoms with Crippen LogP contribution in [0.25, 0.3) is 10.9 Å². The van der Waals surface area contributed by atoms with Gasteiger partial charge in [0.1, 0.15) is 23.9 Å². The second-order valence-corrected chi connectivity index (χ2v) is 14.9. The number of hydrogen-bond donors (Lipinski definition) is 9. The normalized spacial score (nSPS) is 13.6. The van der Waals surface area contributed by atoms with Crippen LogP contribution in [-0.2, 0) is 41.6 Å². The summed E-state index contributed by atoms with van der Waals surface area (Å²) in [6.45, 7) is 6.47. The number of H-pyrrole nitrogens is 1. The van der Waals surface area contributed by atoms with Crippen LogP contribution in [0.1, 0.15) is 58.1 Å². The van der Waals surface area contributed by atoms with Gasteiger partial charge in [-0.1, -0.05) is 30.3 Å². The van der Waals surface area contributed by atoms with E-state index in [2.05, 4.69) is 36.9 Å². The lowest BCUT2D eigenvalue weighted by Crippen LogP contribution is -2.62. The number of aromatic amines is 1. The van der Waals surface area contributed by atoms with Crippen molar-refractivity contribution >= 4 is 58.2 Å². The molecule has 5 amide bonds. The summed E-state index contributed by atoms with van der Waals surface area (Å²) >= 11 is 1.17. The van der Waals surface area contributed by atoms with E-state index >= 15 is 0 Å². The van der Waals surface area contributed by atoms with Gasteiger partial charge in [-0.25, -0.2) is 4.79 Å². The number of phenolic OH excluding ortho intramolecular Hbond substituents is 1. The van der Waals surface area contributed by atoms with E-state index in [9.17, 15) is 39.0 Å². The highest BCUT2D eigenvalue weighted by Crippen LogP contribution is 2.28. The molecule has 0 spiro atoms. The molecule has 3 rings (SSSR count). The molecule has 0 bridgehead atoms. The fraction of sp³-hybridized carbons (Fsp3) is 0.459. The number of benzene rings is 2. The Hall–Kier alpha value is -5.09. The van der Waals surface area contributed by atoms with E-state index in [-0.39, 0.29) is 36.3 Å². The highest BCUT2D eigenvalue weighted by atomic mass is 32.2. The highest BCUT2D eigenvalue weighted by molar-refractivity contribution is 8.00. The van der Waals surface area contributed by atoms with E-state index in [1.54, 1.807) is 33.0 Å². The van der Waals surface area contributed by atoms with E-state index in [4.69, 9.17) is 0 Å². The zero-order valence-electron chi connectivity index (χ0n) is 30.7. The first kappa shape index (κ1) is 42.3. The minimum Gasteiger partial charge on any atom is -0.508 e. The van der Waals surface area contributed by atoms with Crippen LogP contribution in [0.4, 0.5) is 0 Å². The molecule has 16 heteroatoms. The number of phenols is 1. The van der Waals surface area contributed by atoms with Crippen molar-refractivity contribution in [3.05, 3.63) is 65.9 Å². The van der Waals surface area contributed by atoms with Gasteiger partial charge in [-0.15, -0.1) is 11.8 Å². The van der Waals surface area contributed by atoms with Crippen molar-refractivity contribution in [1.82, 2.24) is 36.9 Å². The summed E-state index contributed by atoms with van der Waals surface area (Å²) in [5.74, 6) is -3.60. The lowest BCUT2D eigenvalue weighted by Gasteiger charge is -2.35. The third kappa shape index (κ3) is 13.4. The molecule has 288 valence electrons. The summed E-state index contributed by atoms with van der Waals surface area (Å²) in [5, 5.41) is 37.2. The summed E-state index contributed by atoms with van der Waals surface area (Å²) in [4.78, 5) is 80.3. The van der Waals surface area contributed by atoms with Crippen molar-refractivity contribution in [1.29, 1.82) is 0 Å². The maximum Gasteiger partial charge on any atom is 0.326 e. The number of carbonyl (C=O) groups is 6.